The van der Waals surface area contributed by atoms with Crippen LogP contribution in [-0.4, -0.2) is 12.5 Å². The van der Waals surface area contributed by atoms with Gasteiger partial charge < -0.3 is 10.6 Å². The molecule has 7 heteroatoms. The van der Waals surface area contributed by atoms with Gasteiger partial charge in [-0.05, 0) is 43.7 Å². The van der Waals surface area contributed by atoms with Gasteiger partial charge in [0.15, 0.2) is 5.96 Å². The van der Waals surface area contributed by atoms with Crippen molar-refractivity contribution in [3.8, 4) is 6.07 Å². The monoisotopic (exact) mass is 486 g/mol. The van der Waals surface area contributed by atoms with E-state index in [1.165, 1.54) is 6.07 Å². The van der Waals surface area contributed by atoms with E-state index in [1.807, 2.05) is 44.2 Å². The third-order valence-electron chi connectivity index (χ3n) is 3.66. The molecular formula is C19H21ClFIN4. The molecule has 0 heterocycles. The number of hydrogen-bond acceptors (Lipinski definition) is 2. The van der Waals surface area contributed by atoms with Gasteiger partial charge in [-0.15, -0.1) is 24.0 Å². The van der Waals surface area contributed by atoms with Crippen LogP contribution >= 0.6 is 35.6 Å². The summed E-state index contributed by atoms with van der Waals surface area (Å²) >= 11 is 5.91. The molecule has 0 spiro atoms. The van der Waals surface area contributed by atoms with Crippen LogP contribution in [0.5, 0.6) is 0 Å². The van der Waals surface area contributed by atoms with Crippen molar-refractivity contribution in [3.63, 3.8) is 0 Å². The number of aliphatic imine (C=N–C) groups is 1. The molecule has 138 valence electrons. The van der Waals surface area contributed by atoms with E-state index in [9.17, 15) is 4.39 Å². The molecule has 2 aromatic rings. The first-order valence-electron chi connectivity index (χ1n) is 8.02. The van der Waals surface area contributed by atoms with Gasteiger partial charge in [-0.1, -0.05) is 29.8 Å². The number of rotatable bonds is 5. The number of guanidine groups is 1. The fourth-order valence-corrected chi connectivity index (χ4v) is 2.40. The highest BCUT2D eigenvalue weighted by Gasteiger charge is 2.09. The summed E-state index contributed by atoms with van der Waals surface area (Å²) in [6.07, 6.45) is 0. The molecule has 0 aliphatic heterocycles. The third-order valence-corrected chi connectivity index (χ3v) is 3.91. The average molecular weight is 487 g/mol. The van der Waals surface area contributed by atoms with E-state index in [1.54, 1.807) is 12.1 Å². The van der Waals surface area contributed by atoms with Crippen LogP contribution in [0, 0.1) is 17.1 Å². The maximum absolute atomic E-state index is 14.0. The summed E-state index contributed by atoms with van der Waals surface area (Å²) in [5.41, 5.74) is 1.81. The first kappa shape index (κ1) is 22.2. The molecule has 0 bridgehead atoms. The van der Waals surface area contributed by atoms with E-state index in [4.69, 9.17) is 16.9 Å². The maximum atomic E-state index is 14.0. The van der Waals surface area contributed by atoms with Gasteiger partial charge in [-0.2, -0.15) is 5.26 Å². The van der Waals surface area contributed by atoms with E-state index in [0.29, 0.717) is 28.7 Å². The lowest BCUT2D eigenvalue weighted by molar-refractivity contribution is 0.609. The molecule has 4 nitrogen and oxygen atoms in total. The number of nitrogens with one attached hydrogen (secondary N) is 2. The molecule has 0 saturated carbocycles. The largest absolute Gasteiger partial charge is 0.357 e. The molecule has 0 aromatic heterocycles. The lowest BCUT2D eigenvalue weighted by Crippen LogP contribution is -2.38. The van der Waals surface area contributed by atoms with Crippen molar-refractivity contribution in [1.29, 1.82) is 5.26 Å². The van der Waals surface area contributed by atoms with Gasteiger partial charge in [0.05, 0.1) is 24.2 Å². The van der Waals surface area contributed by atoms with Crippen LogP contribution in [-0.2, 0) is 6.54 Å². The van der Waals surface area contributed by atoms with Crippen LogP contribution < -0.4 is 10.6 Å². The van der Waals surface area contributed by atoms with Crippen molar-refractivity contribution in [2.24, 2.45) is 4.99 Å². The van der Waals surface area contributed by atoms with Crippen molar-refractivity contribution >= 4 is 41.5 Å². The summed E-state index contributed by atoms with van der Waals surface area (Å²) in [4.78, 5) is 4.43. The fraction of sp³-hybridized carbons (Fsp3) is 0.263. The van der Waals surface area contributed by atoms with Gasteiger partial charge >= 0.3 is 0 Å². The molecular weight excluding hydrogens is 466 g/mol. The van der Waals surface area contributed by atoms with Crippen molar-refractivity contribution in [2.45, 2.75) is 26.4 Å². The first-order chi connectivity index (χ1) is 12.0. The average Bonchev–Trinajstić information content (AvgIpc) is 2.61. The summed E-state index contributed by atoms with van der Waals surface area (Å²) in [6.45, 7) is 4.85. The number of nitriles is 1. The molecule has 0 aliphatic carbocycles. The highest BCUT2D eigenvalue weighted by atomic mass is 127. The lowest BCUT2D eigenvalue weighted by Gasteiger charge is -2.18. The van der Waals surface area contributed by atoms with Crippen molar-refractivity contribution in [2.75, 3.05) is 6.54 Å². The Bertz CT molecular complexity index is 787. The van der Waals surface area contributed by atoms with Gasteiger partial charge in [-0.3, -0.25) is 0 Å². The second-order valence-electron chi connectivity index (χ2n) is 5.53. The minimum Gasteiger partial charge on any atom is -0.357 e. The molecule has 2 rings (SSSR count). The molecule has 0 fully saturated rings. The van der Waals surface area contributed by atoms with Crippen LogP contribution in [0.4, 0.5) is 4.39 Å². The maximum Gasteiger partial charge on any atom is 0.192 e. The Labute approximate surface area is 175 Å². The molecule has 0 radical (unpaired) electrons. The van der Waals surface area contributed by atoms with Crippen LogP contribution in [0.25, 0.3) is 0 Å². The smallest absolute Gasteiger partial charge is 0.192 e. The van der Waals surface area contributed by atoms with Crippen LogP contribution in [0.3, 0.4) is 0 Å². The van der Waals surface area contributed by atoms with Crippen LogP contribution in [0.2, 0.25) is 5.02 Å². The van der Waals surface area contributed by atoms with Gasteiger partial charge in [0.1, 0.15) is 5.82 Å². The van der Waals surface area contributed by atoms with E-state index < -0.39 is 5.82 Å². The summed E-state index contributed by atoms with van der Waals surface area (Å²) < 4.78 is 14.0. The third kappa shape index (κ3) is 6.46. The number of benzene rings is 2. The Morgan fingerprint density at radius 3 is 2.54 bits per heavy atom. The topological polar surface area (TPSA) is 60.2 Å². The van der Waals surface area contributed by atoms with Crippen LogP contribution in [0.15, 0.2) is 47.5 Å². The van der Waals surface area contributed by atoms with E-state index in [-0.39, 0.29) is 36.6 Å². The fourth-order valence-electron chi connectivity index (χ4n) is 2.27. The summed E-state index contributed by atoms with van der Waals surface area (Å²) in [7, 11) is 0. The van der Waals surface area contributed by atoms with Crippen LogP contribution in [0.1, 0.15) is 36.6 Å². The van der Waals surface area contributed by atoms with Crippen molar-refractivity contribution < 1.29 is 4.39 Å². The van der Waals surface area contributed by atoms with E-state index in [2.05, 4.69) is 15.6 Å². The zero-order valence-corrected chi connectivity index (χ0v) is 17.7. The normalized spacial score (nSPS) is 11.9. The summed E-state index contributed by atoms with van der Waals surface area (Å²) in [6, 6.07) is 13.9. The highest BCUT2D eigenvalue weighted by molar-refractivity contribution is 14.0. The molecule has 2 aromatic carbocycles. The number of hydrogen-bond donors (Lipinski definition) is 2. The predicted molar refractivity (Wildman–Crippen MR) is 114 cm³/mol. The molecule has 2 N–H and O–H groups in total. The summed E-state index contributed by atoms with van der Waals surface area (Å²) in [5.74, 6) is 0.165. The summed E-state index contributed by atoms with van der Waals surface area (Å²) in [5, 5.41) is 15.9. The minimum absolute atomic E-state index is 0. The molecule has 0 aliphatic rings. The Morgan fingerprint density at radius 1 is 1.27 bits per heavy atom. The predicted octanol–water partition coefficient (Wildman–Crippen LogP) is 4.79. The minimum atomic E-state index is -0.426. The zero-order valence-electron chi connectivity index (χ0n) is 14.6. The van der Waals surface area contributed by atoms with E-state index in [0.717, 1.165) is 5.56 Å². The number of nitrogens with zero attached hydrogens (tertiary/aromatic N) is 2. The van der Waals surface area contributed by atoms with Gasteiger partial charge in [0.25, 0.3) is 0 Å². The second kappa shape index (κ2) is 11.0. The highest BCUT2D eigenvalue weighted by Crippen LogP contribution is 2.16. The number of halogens is 3. The second-order valence-corrected chi connectivity index (χ2v) is 5.97. The molecule has 0 saturated heterocycles. The Morgan fingerprint density at radius 2 is 1.96 bits per heavy atom. The standard InChI is InChI=1S/C19H20ClFN4.HI/c1-3-23-19(25-13(2)15-6-8-17(20)9-7-15)24-12-16-5-4-14(11-22)10-18(16)21;/h4-10,13H,3,12H2,1-2H3,(H2,23,24,25);1H. The lowest BCUT2D eigenvalue weighted by atomic mass is 10.1. The molecule has 26 heavy (non-hydrogen) atoms. The molecule has 0 amide bonds. The molecule has 1 atom stereocenters. The quantitative estimate of drug-likeness (QED) is 0.363. The first-order valence-corrected chi connectivity index (χ1v) is 8.40. The zero-order chi connectivity index (χ0) is 18.2. The Hall–Kier alpha value is -1.85. The Balaban J connectivity index is 0.00000338. The van der Waals surface area contributed by atoms with Gasteiger partial charge in [-0.25, -0.2) is 9.38 Å². The van der Waals surface area contributed by atoms with Gasteiger partial charge in [0.2, 0.25) is 0 Å². The Kier molecular flexibility index (Phi) is 9.38. The van der Waals surface area contributed by atoms with Gasteiger partial charge in [0, 0.05) is 17.1 Å². The van der Waals surface area contributed by atoms with Crippen molar-refractivity contribution in [1.82, 2.24) is 10.6 Å². The van der Waals surface area contributed by atoms with E-state index >= 15 is 0 Å². The molecule has 1 unspecified atom stereocenters. The van der Waals surface area contributed by atoms with Crippen molar-refractivity contribution in [3.05, 3.63) is 70.0 Å². The SMILES string of the molecule is CCNC(=NCc1ccc(C#N)cc1F)NC(C)c1ccc(Cl)cc1.I.